The molecule has 7 nitrogen and oxygen atoms in total. The second-order valence-electron chi connectivity index (χ2n) is 6.71. The van der Waals surface area contributed by atoms with E-state index in [1.54, 1.807) is 36.4 Å². The Bertz CT molecular complexity index is 1370. The minimum absolute atomic E-state index is 0.0315. The molecule has 2 aromatic carbocycles. The van der Waals surface area contributed by atoms with E-state index in [9.17, 15) is 14.4 Å². The van der Waals surface area contributed by atoms with Crippen LogP contribution in [0.15, 0.2) is 62.5 Å². The van der Waals surface area contributed by atoms with Crippen LogP contribution >= 0.6 is 0 Å². The average molecular weight is 390 g/mol. The molecule has 0 aliphatic carbocycles. The van der Waals surface area contributed by atoms with E-state index in [1.165, 1.54) is 19.2 Å². The van der Waals surface area contributed by atoms with Crippen LogP contribution in [0, 0.1) is 0 Å². The van der Waals surface area contributed by atoms with Gasteiger partial charge in [0.1, 0.15) is 11.3 Å². The van der Waals surface area contributed by atoms with Crippen molar-refractivity contribution in [2.24, 2.45) is 7.05 Å². The SMILES string of the molecule is CCCc1cc(=O)oc2cc(OC(=O)c3nn(C)c(=O)c4ccccc34)ccc12. The number of hydrogen-bond acceptors (Lipinski definition) is 6. The average Bonchev–Trinajstić information content (AvgIpc) is 2.70. The lowest BCUT2D eigenvalue weighted by molar-refractivity contribution is 0.0728. The zero-order valence-corrected chi connectivity index (χ0v) is 16.0. The van der Waals surface area contributed by atoms with Crippen LogP contribution in [0.4, 0.5) is 0 Å². The molecular formula is C22H18N2O5. The Morgan fingerprint density at radius 3 is 2.59 bits per heavy atom. The first-order chi connectivity index (χ1) is 14.0. The number of rotatable bonds is 4. The number of carbonyl (C=O) groups is 1. The van der Waals surface area contributed by atoms with Crippen molar-refractivity contribution in [3.05, 3.63) is 80.6 Å². The monoisotopic (exact) mass is 390 g/mol. The van der Waals surface area contributed by atoms with Gasteiger partial charge in [-0.3, -0.25) is 4.79 Å². The Morgan fingerprint density at radius 2 is 1.83 bits per heavy atom. The molecule has 0 N–H and O–H groups in total. The minimum atomic E-state index is -0.705. The normalized spacial score (nSPS) is 11.1. The predicted octanol–water partition coefficient (Wildman–Crippen LogP) is 3.21. The second kappa shape index (κ2) is 7.35. The standard InChI is InChI=1S/C22H18N2O5/c1-3-6-13-11-19(25)29-18-12-14(9-10-15(13)18)28-22(27)20-16-7-4-5-8-17(16)21(26)24(2)23-20/h4-5,7-12H,3,6H2,1-2H3. The number of ether oxygens (including phenoxy) is 1. The fourth-order valence-corrected chi connectivity index (χ4v) is 3.36. The van der Waals surface area contributed by atoms with Crippen LogP contribution in [0.3, 0.4) is 0 Å². The van der Waals surface area contributed by atoms with Gasteiger partial charge in [0.25, 0.3) is 5.56 Å². The van der Waals surface area contributed by atoms with E-state index in [4.69, 9.17) is 9.15 Å². The van der Waals surface area contributed by atoms with Crippen molar-refractivity contribution in [1.29, 1.82) is 0 Å². The molecule has 4 rings (SSSR count). The number of esters is 1. The largest absolute Gasteiger partial charge is 0.423 e. The lowest BCUT2D eigenvalue weighted by Crippen LogP contribution is -2.24. The topological polar surface area (TPSA) is 91.4 Å². The number of carbonyl (C=O) groups excluding carboxylic acids is 1. The zero-order chi connectivity index (χ0) is 20.5. The summed E-state index contributed by atoms with van der Waals surface area (Å²) in [6, 6.07) is 13.1. The molecule has 0 unspecified atom stereocenters. The van der Waals surface area contributed by atoms with Gasteiger partial charge in [0, 0.05) is 30.0 Å². The molecule has 0 atom stereocenters. The number of aromatic nitrogens is 2. The van der Waals surface area contributed by atoms with Crippen LogP contribution in [-0.2, 0) is 13.5 Å². The first-order valence-electron chi connectivity index (χ1n) is 9.23. The lowest BCUT2D eigenvalue weighted by Gasteiger charge is -2.09. The molecule has 0 saturated heterocycles. The molecule has 0 amide bonds. The van der Waals surface area contributed by atoms with Gasteiger partial charge in [-0.2, -0.15) is 5.10 Å². The highest BCUT2D eigenvalue weighted by Crippen LogP contribution is 2.24. The first-order valence-corrected chi connectivity index (χ1v) is 9.23. The van der Waals surface area contributed by atoms with Crippen LogP contribution in [0.1, 0.15) is 29.4 Å². The van der Waals surface area contributed by atoms with E-state index < -0.39 is 11.6 Å². The molecule has 29 heavy (non-hydrogen) atoms. The molecule has 0 spiro atoms. The van der Waals surface area contributed by atoms with Crippen molar-refractivity contribution in [1.82, 2.24) is 9.78 Å². The molecule has 0 bridgehead atoms. The molecule has 0 fully saturated rings. The van der Waals surface area contributed by atoms with Gasteiger partial charge in [-0.15, -0.1) is 0 Å². The van der Waals surface area contributed by atoms with Crippen LogP contribution in [0.5, 0.6) is 5.75 Å². The summed E-state index contributed by atoms with van der Waals surface area (Å²) in [5.41, 5.74) is 0.527. The van der Waals surface area contributed by atoms with Gasteiger partial charge in [0.05, 0.1) is 5.39 Å². The van der Waals surface area contributed by atoms with Crippen molar-refractivity contribution < 1.29 is 13.9 Å². The third kappa shape index (κ3) is 3.42. The number of benzene rings is 2. The Labute approximate surface area is 165 Å². The number of hydrogen-bond donors (Lipinski definition) is 0. The van der Waals surface area contributed by atoms with Gasteiger partial charge in [0.2, 0.25) is 0 Å². The first kappa shape index (κ1) is 18.6. The summed E-state index contributed by atoms with van der Waals surface area (Å²) >= 11 is 0. The highest BCUT2D eigenvalue weighted by Gasteiger charge is 2.18. The fraction of sp³-hybridized carbons (Fsp3) is 0.182. The van der Waals surface area contributed by atoms with E-state index >= 15 is 0 Å². The van der Waals surface area contributed by atoms with Crippen molar-refractivity contribution in [3.8, 4) is 5.75 Å². The Balaban J connectivity index is 1.75. The third-order valence-corrected chi connectivity index (χ3v) is 4.68. The molecule has 4 aromatic rings. The summed E-state index contributed by atoms with van der Waals surface area (Å²) in [5, 5.41) is 5.67. The van der Waals surface area contributed by atoms with Crippen LogP contribution < -0.4 is 15.9 Å². The van der Waals surface area contributed by atoms with Gasteiger partial charge >= 0.3 is 11.6 Å². The molecular weight excluding hydrogens is 372 g/mol. The smallest absolute Gasteiger partial charge is 0.364 e. The van der Waals surface area contributed by atoms with E-state index in [0.29, 0.717) is 16.4 Å². The van der Waals surface area contributed by atoms with Crippen molar-refractivity contribution >= 4 is 27.7 Å². The maximum absolute atomic E-state index is 12.8. The second-order valence-corrected chi connectivity index (χ2v) is 6.71. The minimum Gasteiger partial charge on any atom is -0.423 e. The predicted molar refractivity (Wildman–Crippen MR) is 108 cm³/mol. The molecule has 2 aromatic heterocycles. The summed E-state index contributed by atoms with van der Waals surface area (Å²) in [6.07, 6.45) is 1.63. The van der Waals surface area contributed by atoms with E-state index in [1.807, 2.05) is 6.92 Å². The molecule has 7 heteroatoms. The summed E-state index contributed by atoms with van der Waals surface area (Å²) in [5.74, 6) is -0.484. The fourth-order valence-electron chi connectivity index (χ4n) is 3.36. The number of aryl methyl sites for hydroxylation is 2. The number of fused-ring (bicyclic) bond motifs is 2. The molecule has 0 aliphatic rings. The maximum atomic E-state index is 12.8. The van der Waals surface area contributed by atoms with E-state index in [-0.39, 0.29) is 17.0 Å². The third-order valence-electron chi connectivity index (χ3n) is 4.68. The summed E-state index contributed by atoms with van der Waals surface area (Å²) < 4.78 is 11.9. The van der Waals surface area contributed by atoms with E-state index in [2.05, 4.69) is 5.10 Å². The van der Waals surface area contributed by atoms with Gasteiger partial charge in [-0.25, -0.2) is 14.3 Å². The Kier molecular flexibility index (Phi) is 4.72. The highest BCUT2D eigenvalue weighted by molar-refractivity contribution is 6.03. The van der Waals surface area contributed by atoms with Crippen molar-refractivity contribution in [2.75, 3.05) is 0 Å². The van der Waals surface area contributed by atoms with Gasteiger partial charge < -0.3 is 9.15 Å². The Hall–Kier alpha value is -3.74. The van der Waals surface area contributed by atoms with Gasteiger partial charge in [0.15, 0.2) is 5.69 Å². The zero-order valence-electron chi connectivity index (χ0n) is 16.0. The van der Waals surface area contributed by atoms with Crippen LogP contribution in [0.2, 0.25) is 0 Å². The van der Waals surface area contributed by atoms with Crippen molar-refractivity contribution in [3.63, 3.8) is 0 Å². The van der Waals surface area contributed by atoms with Crippen LogP contribution in [0.25, 0.3) is 21.7 Å². The van der Waals surface area contributed by atoms with E-state index in [0.717, 1.165) is 28.5 Å². The maximum Gasteiger partial charge on any atom is 0.364 e. The molecule has 2 heterocycles. The number of nitrogens with zero attached hydrogens (tertiary/aromatic N) is 2. The molecule has 0 aliphatic heterocycles. The van der Waals surface area contributed by atoms with Crippen LogP contribution in [-0.4, -0.2) is 15.7 Å². The van der Waals surface area contributed by atoms with Gasteiger partial charge in [-0.05, 0) is 30.2 Å². The van der Waals surface area contributed by atoms with Crippen molar-refractivity contribution in [2.45, 2.75) is 19.8 Å². The molecule has 146 valence electrons. The summed E-state index contributed by atoms with van der Waals surface area (Å²) in [6.45, 7) is 2.03. The summed E-state index contributed by atoms with van der Waals surface area (Å²) in [4.78, 5) is 36.8. The quantitative estimate of drug-likeness (QED) is 0.302. The Morgan fingerprint density at radius 1 is 1.07 bits per heavy atom. The molecule has 0 saturated carbocycles. The summed E-state index contributed by atoms with van der Waals surface area (Å²) in [7, 11) is 1.48. The highest BCUT2D eigenvalue weighted by atomic mass is 16.5. The lowest BCUT2D eigenvalue weighted by atomic mass is 10.1. The molecule has 0 radical (unpaired) electrons. The van der Waals surface area contributed by atoms with Gasteiger partial charge in [-0.1, -0.05) is 31.5 Å².